The van der Waals surface area contributed by atoms with Gasteiger partial charge in [-0.3, -0.25) is 9.48 Å². The monoisotopic (exact) mass is 285 g/mol. The first-order valence-electron chi connectivity index (χ1n) is 7.60. The van der Waals surface area contributed by atoms with Crippen molar-refractivity contribution in [2.75, 3.05) is 13.1 Å². The molecule has 4 nitrogen and oxygen atoms in total. The molecule has 0 aliphatic rings. The van der Waals surface area contributed by atoms with Crippen LogP contribution in [0.4, 0.5) is 0 Å². The molecule has 1 aromatic heterocycles. The van der Waals surface area contributed by atoms with E-state index in [1.165, 1.54) is 0 Å². The van der Waals surface area contributed by atoms with Gasteiger partial charge in [0.2, 0.25) is 0 Å². The van der Waals surface area contributed by atoms with Crippen LogP contribution in [0.15, 0.2) is 42.7 Å². The van der Waals surface area contributed by atoms with Gasteiger partial charge in [0.1, 0.15) is 0 Å². The molecule has 0 bridgehead atoms. The minimum atomic E-state index is 0.122. The van der Waals surface area contributed by atoms with Gasteiger partial charge in [-0.05, 0) is 37.1 Å². The lowest BCUT2D eigenvalue weighted by molar-refractivity contribution is 0.0762. The Hall–Kier alpha value is -2.10. The zero-order valence-corrected chi connectivity index (χ0v) is 12.8. The molecule has 2 rings (SSSR count). The molecule has 21 heavy (non-hydrogen) atoms. The van der Waals surface area contributed by atoms with Gasteiger partial charge in [-0.1, -0.05) is 25.5 Å². The molecular formula is C17H23N3O. The van der Waals surface area contributed by atoms with Gasteiger partial charge < -0.3 is 4.90 Å². The van der Waals surface area contributed by atoms with Crippen molar-refractivity contribution in [1.29, 1.82) is 0 Å². The zero-order chi connectivity index (χ0) is 15.1. The van der Waals surface area contributed by atoms with E-state index in [-0.39, 0.29) is 5.91 Å². The van der Waals surface area contributed by atoms with E-state index in [0.717, 1.165) is 43.6 Å². The van der Waals surface area contributed by atoms with Crippen molar-refractivity contribution < 1.29 is 4.79 Å². The predicted octanol–water partition coefficient (Wildman–Crippen LogP) is 3.19. The highest BCUT2D eigenvalue weighted by Crippen LogP contribution is 2.10. The number of carbonyl (C=O) groups excluding carboxylic acids is 1. The van der Waals surface area contributed by atoms with Crippen LogP contribution >= 0.6 is 0 Å². The number of aromatic nitrogens is 2. The van der Waals surface area contributed by atoms with Crippen LogP contribution in [0, 0.1) is 0 Å². The van der Waals surface area contributed by atoms with Crippen molar-refractivity contribution in [3.8, 4) is 0 Å². The van der Waals surface area contributed by atoms with Crippen LogP contribution in [0.25, 0.3) is 0 Å². The summed E-state index contributed by atoms with van der Waals surface area (Å²) in [5, 5.41) is 4.19. The van der Waals surface area contributed by atoms with Gasteiger partial charge in [0, 0.05) is 31.0 Å². The van der Waals surface area contributed by atoms with E-state index < -0.39 is 0 Å². The Morgan fingerprint density at radius 3 is 2.57 bits per heavy atom. The van der Waals surface area contributed by atoms with Gasteiger partial charge >= 0.3 is 0 Å². The van der Waals surface area contributed by atoms with Crippen LogP contribution in [0.1, 0.15) is 42.6 Å². The maximum atomic E-state index is 12.4. The zero-order valence-electron chi connectivity index (χ0n) is 12.8. The summed E-state index contributed by atoms with van der Waals surface area (Å²) in [6.45, 7) is 6.49. The second kappa shape index (κ2) is 7.62. The molecule has 0 aliphatic carbocycles. The molecular weight excluding hydrogens is 262 g/mol. The lowest BCUT2D eigenvalue weighted by Gasteiger charge is -2.20. The lowest BCUT2D eigenvalue weighted by Crippen LogP contribution is -2.31. The summed E-state index contributed by atoms with van der Waals surface area (Å²) < 4.78 is 1.87. The summed E-state index contributed by atoms with van der Waals surface area (Å²) in [4.78, 5) is 14.3. The molecule has 0 N–H and O–H groups in total. The summed E-state index contributed by atoms with van der Waals surface area (Å²) >= 11 is 0. The molecule has 0 fully saturated rings. The standard InChI is InChI=1S/C17H23N3O/c1-3-5-12-19(4-2)17(21)16-9-7-15(8-10-16)14-20-13-6-11-18-20/h6-11,13H,3-5,12,14H2,1-2H3. The van der Waals surface area contributed by atoms with Crippen LogP contribution in [0.2, 0.25) is 0 Å². The third kappa shape index (κ3) is 4.18. The number of rotatable bonds is 7. The van der Waals surface area contributed by atoms with Crippen molar-refractivity contribution in [3.05, 3.63) is 53.9 Å². The average Bonchev–Trinajstić information content (AvgIpc) is 3.01. The van der Waals surface area contributed by atoms with Crippen LogP contribution in [0.5, 0.6) is 0 Å². The van der Waals surface area contributed by atoms with Crippen molar-refractivity contribution >= 4 is 5.91 Å². The molecule has 0 unspecified atom stereocenters. The predicted molar refractivity (Wildman–Crippen MR) is 84.3 cm³/mol. The highest BCUT2D eigenvalue weighted by atomic mass is 16.2. The molecule has 0 spiro atoms. The number of carbonyl (C=O) groups is 1. The van der Waals surface area contributed by atoms with Gasteiger partial charge in [0.25, 0.3) is 5.91 Å². The fraction of sp³-hybridized carbons (Fsp3) is 0.412. The summed E-state index contributed by atoms with van der Waals surface area (Å²) in [6.07, 6.45) is 5.86. The van der Waals surface area contributed by atoms with Gasteiger partial charge in [-0.2, -0.15) is 5.10 Å². The van der Waals surface area contributed by atoms with Crippen LogP contribution in [-0.2, 0) is 6.54 Å². The number of hydrogen-bond acceptors (Lipinski definition) is 2. The van der Waals surface area contributed by atoms with Gasteiger partial charge in [0.15, 0.2) is 0 Å². The lowest BCUT2D eigenvalue weighted by atomic mass is 10.1. The van der Waals surface area contributed by atoms with E-state index >= 15 is 0 Å². The SMILES string of the molecule is CCCCN(CC)C(=O)c1ccc(Cn2cccn2)cc1. The summed E-state index contributed by atoms with van der Waals surface area (Å²) in [7, 11) is 0. The summed E-state index contributed by atoms with van der Waals surface area (Å²) in [5.74, 6) is 0.122. The number of unbranched alkanes of at least 4 members (excludes halogenated alkanes) is 1. The maximum absolute atomic E-state index is 12.4. The van der Waals surface area contributed by atoms with E-state index in [9.17, 15) is 4.79 Å². The smallest absolute Gasteiger partial charge is 0.253 e. The Balaban J connectivity index is 2.01. The Morgan fingerprint density at radius 1 is 1.24 bits per heavy atom. The second-order valence-electron chi connectivity index (χ2n) is 5.14. The summed E-state index contributed by atoms with van der Waals surface area (Å²) in [6, 6.07) is 9.74. The first kappa shape index (κ1) is 15.3. The molecule has 112 valence electrons. The van der Waals surface area contributed by atoms with Crippen molar-refractivity contribution in [3.63, 3.8) is 0 Å². The molecule has 4 heteroatoms. The fourth-order valence-electron chi connectivity index (χ4n) is 2.27. The molecule has 2 aromatic rings. The van der Waals surface area contributed by atoms with Crippen molar-refractivity contribution in [1.82, 2.24) is 14.7 Å². The van der Waals surface area contributed by atoms with Gasteiger partial charge in [0.05, 0.1) is 6.54 Å². The fourth-order valence-corrected chi connectivity index (χ4v) is 2.27. The van der Waals surface area contributed by atoms with Crippen LogP contribution in [-0.4, -0.2) is 33.7 Å². The maximum Gasteiger partial charge on any atom is 0.253 e. The van der Waals surface area contributed by atoms with Crippen molar-refractivity contribution in [2.24, 2.45) is 0 Å². The van der Waals surface area contributed by atoms with Gasteiger partial charge in [-0.25, -0.2) is 0 Å². The highest BCUT2D eigenvalue weighted by Gasteiger charge is 2.13. The Bertz CT molecular complexity index is 546. The minimum Gasteiger partial charge on any atom is -0.339 e. The topological polar surface area (TPSA) is 38.1 Å². The number of amides is 1. The highest BCUT2D eigenvalue weighted by molar-refractivity contribution is 5.94. The van der Waals surface area contributed by atoms with Crippen molar-refractivity contribution in [2.45, 2.75) is 33.2 Å². The molecule has 1 heterocycles. The summed E-state index contributed by atoms with van der Waals surface area (Å²) in [5.41, 5.74) is 1.91. The normalized spacial score (nSPS) is 10.6. The average molecular weight is 285 g/mol. The Morgan fingerprint density at radius 2 is 2.00 bits per heavy atom. The third-order valence-corrected chi connectivity index (χ3v) is 3.56. The second-order valence-corrected chi connectivity index (χ2v) is 5.14. The quantitative estimate of drug-likeness (QED) is 0.783. The molecule has 0 saturated carbocycles. The molecule has 0 atom stereocenters. The van der Waals surface area contributed by atoms with Crippen LogP contribution < -0.4 is 0 Å². The first-order valence-corrected chi connectivity index (χ1v) is 7.60. The molecule has 1 aromatic carbocycles. The Labute approximate surface area is 126 Å². The minimum absolute atomic E-state index is 0.122. The van der Waals surface area contributed by atoms with E-state index in [4.69, 9.17) is 0 Å². The number of benzene rings is 1. The number of nitrogens with zero attached hydrogens (tertiary/aromatic N) is 3. The first-order chi connectivity index (χ1) is 10.2. The molecule has 0 saturated heterocycles. The molecule has 0 aliphatic heterocycles. The van der Waals surface area contributed by atoms with Gasteiger partial charge in [-0.15, -0.1) is 0 Å². The molecule has 1 amide bonds. The van der Waals surface area contributed by atoms with E-state index in [1.807, 2.05) is 53.0 Å². The Kier molecular flexibility index (Phi) is 5.55. The van der Waals surface area contributed by atoms with E-state index in [2.05, 4.69) is 12.0 Å². The third-order valence-electron chi connectivity index (χ3n) is 3.56. The van der Waals surface area contributed by atoms with E-state index in [1.54, 1.807) is 6.20 Å². The van der Waals surface area contributed by atoms with Crippen LogP contribution in [0.3, 0.4) is 0 Å². The largest absolute Gasteiger partial charge is 0.339 e. The van der Waals surface area contributed by atoms with E-state index in [0.29, 0.717) is 0 Å². The molecule has 0 radical (unpaired) electrons. The number of hydrogen-bond donors (Lipinski definition) is 0.